The molecule has 0 bridgehead atoms. The van der Waals surface area contributed by atoms with Gasteiger partial charge in [-0.3, -0.25) is 4.79 Å². The molecule has 0 saturated heterocycles. The normalized spacial score (nSPS) is 13.2. The minimum Gasteiger partial charge on any atom is -0.480 e. The number of aliphatic carboxylic acids is 1. The lowest BCUT2D eigenvalue weighted by atomic mass is 10.1. The number of rotatable bonds is 3. The second-order valence-electron chi connectivity index (χ2n) is 4.28. The summed E-state index contributed by atoms with van der Waals surface area (Å²) in [6.45, 7) is 4.04. The molecule has 0 radical (unpaired) electrons. The van der Waals surface area contributed by atoms with Crippen molar-refractivity contribution in [3.05, 3.63) is 30.1 Å². The molecule has 1 aromatic carbocycles. The van der Waals surface area contributed by atoms with E-state index in [1.165, 1.54) is 0 Å². The van der Waals surface area contributed by atoms with E-state index in [0.717, 1.165) is 11.0 Å². The number of imidazole rings is 1. The van der Waals surface area contributed by atoms with Gasteiger partial charge in [-0.25, -0.2) is 4.98 Å². The summed E-state index contributed by atoms with van der Waals surface area (Å²) >= 11 is 0. The minimum atomic E-state index is -1.03. The SMILES string of the molecule is CC(C)n1cnc2cccc(C(N)C(=O)O)c21. The number of carboxylic acid groups (broad SMARTS) is 1. The van der Waals surface area contributed by atoms with Gasteiger partial charge in [0.1, 0.15) is 6.04 Å². The molecule has 0 saturated carbocycles. The molecule has 2 aromatic rings. The van der Waals surface area contributed by atoms with E-state index in [2.05, 4.69) is 4.98 Å². The van der Waals surface area contributed by atoms with Crippen molar-refractivity contribution in [3.63, 3.8) is 0 Å². The van der Waals surface area contributed by atoms with Crippen molar-refractivity contribution in [1.29, 1.82) is 0 Å². The Kier molecular flexibility index (Phi) is 2.85. The molecule has 90 valence electrons. The fourth-order valence-electron chi connectivity index (χ4n) is 1.89. The number of carbonyl (C=O) groups is 1. The zero-order valence-electron chi connectivity index (χ0n) is 9.79. The molecule has 5 nitrogen and oxygen atoms in total. The minimum absolute atomic E-state index is 0.210. The van der Waals surface area contributed by atoms with Crippen LogP contribution in [0.3, 0.4) is 0 Å². The van der Waals surface area contributed by atoms with Crippen LogP contribution in [0.4, 0.5) is 0 Å². The van der Waals surface area contributed by atoms with Gasteiger partial charge in [0.2, 0.25) is 0 Å². The summed E-state index contributed by atoms with van der Waals surface area (Å²) in [5.41, 5.74) is 7.86. The summed E-state index contributed by atoms with van der Waals surface area (Å²) < 4.78 is 1.94. The first-order valence-corrected chi connectivity index (χ1v) is 5.46. The number of aromatic nitrogens is 2. The summed E-state index contributed by atoms with van der Waals surface area (Å²) in [6.07, 6.45) is 1.72. The van der Waals surface area contributed by atoms with Crippen molar-refractivity contribution in [1.82, 2.24) is 9.55 Å². The maximum atomic E-state index is 11.0. The molecular formula is C12H15N3O2. The highest BCUT2D eigenvalue weighted by molar-refractivity contribution is 5.86. The predicted molar refractivity (Wildman–Crippen MR) is 64.7 cm³/mol. The van der Waals surface area contributed by atoms with E-state index in [9.17, 15) is 4.79 Å². The molecule has 0 aliphatic heterocycles. The van der Waals surface area contributed by atoms with Gasteiger partial charge in [-0.15, -0.1) is 0 Å². The van der Waals surface area contributed by atoms with E-state index in [0.29, 0.717) is 5.56 Å². The molecule has 17 heavy (non-hydrogen) atoms. The predicted octanol–water partition coefficient (Wildman–Crippen LogP) is 1.70. The smallest absolute Gasteiger partial charge is 0.325 e. The molecule has 1 atom stereocenters. The number of carboxylic acids is 1. The number of benzene rings is 1. The van der Waals surface area contributed by atoms with Gasteiger partial charge in [0.25, 0.3) is 0 Å². The number of hydrogen-bond donors (Lipinski definition) is 2. The maximum Gasteiger partial charge on any atom is 0.325 e. The molecule has 0 aliphatic carbocycles. The largest absolute Gasteiger partial charge is 0.480 e. The Balaban J connectivity index is 2.70. The van der Waals surface area contributed by atoms with Crippen molar-refractivity contribution in [2.75, 3.05) is 0 Å². The summed E-state index contributed by atoms with van der Waals surface area (Å²) in [7, 11) is 0. The first-order chi connectivity index (χ1) is 8.02. The first kappa shape index (κ1) is 11.6. The Morgan fingerprint density at radius 2 is 2.18 bits per heavy atom. The quantitative estimate of drug-likeness (QED) is 0.845. The van der Waals surface area contributed by atoms with Crippen LogP contribution in [0, 0.1) is 0 Å². The molecule has 0 aliphatic rings. The Morgan fingerprint density at radius 1 is 1.47 bits per heavy atom. The molecule has 0 amide bonds. The maximum absolute atomic E-state index is 11.0. The van der Waals surface area contributed by atoms with Gasteiger partial charge in [-0.1, -0.05) is 12.1 Å². The van der Waals surface area contributed by atoms with Crippen LogP contribution in [0.15, 0.2) is 24.5 Å². The highest BCUT2D eigenvalue weighted by Crippen LogP contribution is 2.25. The van der Waals surface area contributed by atoms with E-state index in [-0.39, 0.29) is 6.04 Å². The van der Waals surface area contributed by atoms with Crippen LogP contribution >= 0.6 is 0 Å². The average molecular weight is 233 g/mol. The van der Waals surface area contributed by atoms with Crippen molar-refractivity contribution in [3.8, 4) is 0 Å². The third kappa shape index (κ3) is 1.89. The Bertz CT molecular complexity index is 560. The average Bonchev–Trinajstić information content (AvgIpc) is 2.71. The van der Waals surface area contributed by atoms with Crippen molar-refractivity contribution >= 4 is 17.0 Å². The summed E-state index contributed by atoms with van der Waals surface area (Å²) in [5, 5.41) is 9.01. The lowest BCUT2D eigenvalue weighted by Gasteiger charge is -2.13. The topological polar surface area (TPSA) is 81.1 Å². The van der Waals surface area contributed by atoms with E-state index in [1.807, 2.05) is 24.5 Å². The lowest BCUT2D eigenvalue weighted by Crippen LogP contribution is -2.21. The molecule has 5 heteroatoms. The molecule has 1 heterocycles. The van der Waals surface area contributed by atoms with Gasteiger partial charge >= 0.3 is 5.97 Å². The second kappa shape index (κ2) is 4.18. The zero-order valence-corrected chi connectivity index (χ0v) is 9.79. The van der Waals surface area contributed by atoms with E-state index >= 15 is 0 Å². The zero-order chi connectivity index (χ0) is 12.6. The number of para-hydroxylation sites is 1. The Labute approximate surface area is 98.9 Å². The van der Waals surface area contributed by atoms with Crippen molar-refractivity contribution in [2.24, 2.45) is 5.73 Å². The van der Waals surface area contributed by atoms with Gasteiger partial charge in [-0.2, -0.15) is 0 Å². The van der Waals surface area contributed by atoms with Crippen molar-refractivity contribution in [2.45, 2.75) is 25.9 Å². The number of nitrogens with zero attached hydrogens (tertiary/aromatic N) is 2. The summed E-state index contributed by atoms with van der Waals surface area (Å²) in [5.74, 6) is -1.03. The van der Waals surface area contributed by atoms with E-state index < -0.39 is 12.0 Å². The van der Waals surface area contributed by atoms with Crippen LogP contribution < -0.4 is 5.73 Å². The number of hydrogen-bond acceptors (Lipinski definition) is 3. The number of nitrogens with two attached hydrogens (primary N) is 1. The van der Waals surface area contributed by atoms with Gasteiger partial charge in [0, 0.05) is 11.6 Å². The van der Waals surface area contributed by atoms with E-state index in [1.54, 1.807) is 18.5 Å². The van der Waals surface area contributed by atoms with Gasteiger partial charge in [0.15, 0.2) is 0 Å². The fraction of sp³-hybridized carbons (Fsp3) is 0.333. The molecule has 1 unspecified atom stereocenters. The number of fused-ring (bicyclic) bond motifs is 1. The summed E-state index contributed by atoms with van der Waals surface area (Å²) in [4.78, 5) is 15.2. The molecule has 0 spiro atoms. The van der Waals surface area contributed by atoms with Crippen LogP contribution in [0.1, 0.15) is 31.5 Å². The van der Waals surface area contributed by atoms with Crippen LogP contribution in [0.2, 0.25) is 0 Å². The van der Waals surface area contributed by atoms with Crippen molar-refractivity contribution < 1.29 is 9.90 Å². The van der Waals surface area contributed by atoms with Gasteiger partial charge in [-0.05, 0) is 19.9 Å². The highest BCUT2D eigenvalue weighted by Gasteiger charge is 2.20. The molecular weight excluding hydrogens is 218 g/mol. The van der Waals surface area contributed by atoms with Crippen LogP contribution in [-0.4, -0.2) is 20.6 Å². The second-order valence-corrected chi connectivity index (χ2v) is 4.28. The molecule has 2 rings (SSSR count). The lowest BCUT2D eigenvalue weighted by molar-refractivity contribution is -0.138. The van der Waals surface area contributed by atoms with E-state index in [4.69, 9.17) is 10.8 Å². The standard InChI is InChI=1S/C12H15N3O2/c1-7(2)15-6-14-9-5-3-4-8(11(9)15)10(13)12(16)17/h3-7,10H,13H2,1-2H3,(H,16,17). The van der Waals surface area contributed by atoms with Gasteiger partial charge < -0.3 is 15.4 Å². The van der Waals surface area contributed by atoms with Crippen LogP contribution in [0.5, 0.6) is 0 Å². The summed E-state index contributed by atoms with van der Waals surface area (Å²) in [6, 6.07) is 4.56. The van der Waals surface area contributed by atoms with Gasteiger partial charge in [0.05, 0.1) is 17.4 Å². The highest BCUT2D eigenvalue weighted by atomic mass is 16.4. The monoisotopic (exact) mass is 233 g/mol. The fourth-order valence-corrected chi connectivity index (χ4v) is 1.89. The first-order valence-electron chi connectivity index (χ1n) is 5.46. The third-order valence-electron chi connectivity index (χ3n) is 2.78. The molecule has 0 fully saturated rings. The Morgan fingerprint density at radius 3 is 2.76 bits per heavy atom. The molecule has 1 aromatic heterocycles. The Hall–Kier alpha value is -1.88. The van der Waals surface area contributed by atoms with Crippen LogP contribution in [-0.2, 0) is 4.79 Å². The molecule has 3 N–H and O–H groups in total. The third-order valence-corrected chi connectivity index (χ3v) is 2.78. The van der Waals surface area contributed by atoms with Crippen LogP contribution in [0.25, 0.3) is 11.0 Å².